The van der Waals surface area contributed by atoms with Crippen LogP contribution in [0.15, 0.2) is 109 Å². The van der Waals surface area contributed by atoms with Gasteiger partial charge < -0.3 is 4.90 Å². The van der Waals surface area contributed by atoms with E-state index in [1.54, 1.807) is 0 Å². The molecule has 0 aromatic heterocycles. The minimum atomic E-state index is -0.210. The predicted octanol–water partition coefficient (Wildman–Crippen LogP) is 7.12. The summed E-state index contributed by atoms with van der Waals surface area (Å²) in [6.45, 7) is 4.46. The average Bonchev–Trinajstić information content (AvgIpc) is 2.80. The molecule has 0 heterocycles. The Balaban J connectivity index is 1.77. The van der Waals surface area contributed by atoms with Crippen LogP contribution < -0.4 is 4.90 Å². The van der Waals surface area contributed by atoms with Crippen molar-refractivity contribution in [2.45, 2.75) is 19.3 Å². The van der Waals surface area contributed by atoms with Crippen molar-refractivity contribution in [1.82, 2.24) is 0 Å². The SMILES string of the molecule is Cc1ccc(C(C)(c2ccccc2)c2ccc(N(C)c3ccccc3)cc2)cc1. The van der Waals surface area contributed by atoms with Crippen LogP contribution in [-0.2, 0) is 5.41 Å². The third kappa shape index (κ3) is 3.69. The monoisotopic (exact) mass is 377 g/mol. The number of hydrogen-bond donors (Lipinski definition) is 0. The van der Waals surface area contributed by atoms with E-state index in [1.807, 2.05) is 6.07 Å². The second-order valence-corrected chi connectivity index (χ2v) is 7.80. The summed E-state index contributed by atoms with van der Waals surface area (Å²) < 4.78 is 0. The molecule has 0 N–H and O–H groups in total. The van der Waals surface area contributed by atoms with Crippen molar-refractivity contribution in [3.63, 3.8) is 0 Å². The number of benzene rings is 4. The topological polar surface area (TPSA) is 3.24 Å². The van der Waals surface area contributed by atoms with Crippen LogP contribution in [0.4, 0.5) is 11.4 Å². The Morgan fingerprint density at radius 3 is 1.48 bits per heavy atom. The summed E-state index contributed by atoms with van der Waals surface area (Å²) in [7, 11) is 2.11. The molecule has 0 aliphatic rings. The zero-order chi connectivity index (χ0) is 20.3. The first-order valence-electron chi connectivity index (χ1n) is 10.1. The fourth-order valence-electron chi connectivity index (χ4n) is 3.98. The largest absolute Gasteiger partial charge is 0.345 e. The van der Waals surface area contributed by atoms with Crippen molar-refractivity contribution in [2.24, 2.45) is 0 Å². The van der Waals surface area contributed by atoms with Gasteiger partial charge in [0.25, 0.3) is 0 Å². The molecule has 0 bridgehead atoms. The minimum absolute atomic E-state index is 0.210. The van der Waals surface area contributed by atoms with Gasteiger partial charge in [-0.2, -0.15) is 0 Å². The van der Waals surface area contributed by atoms with Crippen molar-refractivity contribution in [3.8, 4) is 0 Å². The summed E-state index contributed by atoms with van der Waals surface area (Å²) in [5.41, 5.74) is 7.33. The Morgan fingerprint density at radius 1 is 0.517 bits per heavy atom. The van der Waals surface area contributed by atoms with Gasteiger partial charge in [-0.1, -0.05) is 90.5 Å². The van der Waals surface area contributed by atoms with Gasteiger partial charge in [-0.05, 0) is 54.8 Å². The van der Waals surface area contributed by atoms with Crippen LogP contribution in [0.1, 0.15) is 29.2 Å². The summed E-state index contributed by atoms with van der Waals surface area (Å²) in [5.74, 6) is 0. The molecule has 0 amide bonds. The molecule has 0 fully saturated rings. The summed E-state index contributed by atoms with van der Waals surface area (Å²) in [5, 5.41) is 0. The van der Waals surface area contributed by atoms with Gasteiger partial charge in [-0.25, -0.2) is 0 Å². The first-order valence-corrected chi connectivity index (χ1v) is 10.1. The van der Waals surface area contributed by atoms with E-state index in [0.717, 1.165) is 0 Å². The summed E-state index contributed by atoms with van der Waals surface area (Å²) in [6.07, 6.45) is 0. The third-order valence-electron chi connectivity index (χ3n) is 5.96. The third-order valence-corrected chi connectivity index (χ3v) is 5.96. The van der Waals surface area contributed by atoms with Crippen LogP contribution >= 0.6 is 0 Å². The maximum Gasteiger partial charge on any atom is 0.0423 e. The zero-order valence-corrected chi connectivity index (χ0v) is 17.3. The van der Waals surface area contributed by atoms with Crippen LogP contribution in [-0.4, -0.2) is 7.05 Å². The Kier molecular flexibility index (Phi) is 5.22. The van der Waals surface area contributed by atoms with Gasteiger partial charge in [0, 0.05) is 23.8 Å². The van der Waals surface area contributed by atoms with Crippen molar-refractivity contribution in [1.29, 1.82) is 0 Å². The smallest absolute Gasteiger partial charge is 0.0423 e. The molecule has 29 heavy (non-hydrogen) atoms. The highest BCUT2D eigenvalue weighted by molar-refractivity contribution is 5.63. The van der Waals surface area contributed by atoms with E-state index in [4.69, 9.17) is 0 Å². The normalized spacial score (nSPS) is 12.9. The molecular weight excluding hydrogens is 350 g/mol. The van der Waals surface area contributed by atoms with E-state index in [1.165, 1.54) is 33.6 Å². The second-order valence-electron chi connectivity index (χ2n) is 7.80. The number of para-hydroxylation sites is 1. The van der Waals surface area contributed by atoms with Crippen LogP contribution in [0, 0.1) is 6.92 Å². The fourth-order valence-corrected chi connectivity index (χ4v) is 3.98. The molecule has 0 aliphatic carbocycles. The maximum atomic E-state index is 2.32. The molecule has 1 nitrogen and oxygen atoms in total. The highest BCUT2D eigenvalue weighted by Crippen LogP contribution is 2.39. The predicted molar refractivity (Wildman–Crippen MR) is 124 cm³/mol. The van der Waals surface area contributed by atoms with Crippen molar-refractivity contribution >= 4 is 11.4 Å². The quantitative estimate of drug-likeness (QED) is 0.335. The van der Waals surface area contributed by atoms with Crippen LogP contribution in [0.3, 0.4) is 0 Å². The Labute approximate surface area is 174 Å². The standard InChI is InChI=1S/C28H27N/c1-22-14-16-24(17-15-22)28(2,23-10-6-4-7-11-23)25-18-20-27(21-19-25)29(3)26-12-8-5-9-13-26/h4-21H,1-3H3. The van der Waals surface area contributed by atoms with Crippen molar-refractivity contribution in [3.05, 3.63) is 131 Å². The van der Waals surface area contributed by atoms with Gasteiger partial charge in [-0.3, -0.25) is 0 Å². The van der Waals surface area contributed by atoms with Gasteiger partial charge in [0.15, 0.2) is 0 Å². The van der Waals surface area contributed by atoms with Gasteiger partial charge in [0.1, 0.15) is 0 Å². The zero-order valence-electron chi connectivity index (χ0n) is 17.3. The Morgan fingerprint density at radius 2 is 0.931 bits per heavy atom. The lowest BCUT2D eigenvalue weighted by molar-refractivity contribution is 0.692. The van der Waals surface area contributed by atoms with Crippen LogP contribution in [0.25, 0.3) is 0 Å². The fraction of sp³-hybridized carbons (Fsp3) is 0.143. The van der Waals surface area contributed by atoms with Crippen molar-refractivity contribution in [2.75, 3.05) is 11.9 Å². The van der Waals surface area contributed by atoms with E-state index in [2.05, 4.69) is 129 Å². The van der Waals surface area contributed by atoms with E-state index in [-0.39, 0.29) is 5.41 Å². The average molecular weight is 378 g/mol. The lowest BCUT2D eigenvalue weighted by Crippen LogP contribution is -2.25. The summed E-state index contributed by atoms with van der Waals surface area (Å²) in [6, 6.07) is 39.1. The lowest BCUT2D eigenvalue weighted by atomic mass is 9.71. The highest BCUT2D eigenvalue weighted by atomic mass is 15.1. The molecule has 0 spiro atoms. The first-order chi connectivity index (χ1) is 14.1. The van der Waals surface area contributed by atoms with E-state index >= 15 is 0 Å². The molecule has 0 aliphatic heterocycles. The van der Waals surface area contributed by atoms with E-state index < -0.39 is 0 Å². The number of anilines is 2. The van der Waals surface area contributed by atoms with Gasteiger partial charge in [-0.15, -0.1) is 0 Å². The molecule has 4 rings (SSSR count). The van der Waals surface area contributed by atoms with Gasteiger partial charge >= 0.3 is 0 Å². The molecule has 4 aromatic rings. The Bertz CT molecular complexity index is 1050. The Hall–Kier alpha value is -3.32. The molecule has 0 saturated heterocycles. The van der Waals surface area contributed by atoms with Crippen molar-refractivity contribution < 1.29 is 0 Å². The molecule has 1 heteroatoms. The molecule has 4 aromatic carbocycles. The number of hydrogen-bond acceptors (Lipinski definition) is 1. The molecular formula is C28H27N. The molecule has 1 atom stereocenters. The molecule has 1 unspecified atom stereocenters. The number of nitrogens with zero attached hydrogens (tertiary/aromatic N) is 1. The number of rotatable bonds is 5. The first kappa shape index (κ1) is 19.0. The molecule has 0 saturated carbocycles. The minimum Gasteiger partial charge on any atom is -0.345 e. The maximum absolute atomic E-state index is 2.32. The van der Waals surface area contributed by atoms with E-state index in [9.17, 15) is 0 Å². The van der Waals surface area contributed by atoms with Crippen LogP contribution in [0.2, 0.25) is 0 Å². The summed E-state index contributed by atoms with van der Waals surface area (Å²) >= 11 is 0. The second kappa shape index (κ2) is 7.97. The van der Waals surface area contributed by atoms with Gasteiger partial charge in [0.2, 0.25) is 0 Å². The molecule has 0 radical (unpaired) electrons. The van der Waals surface area contributed by atoms with Gasteiger partial charge in [0.05, 0.1) is 0 Å². The number of aryl methyl sites for hydroxylation is 1. The van der Waals surface area contributed by atoms with Crippen LogP contribution in [0.5, 0.6) is 0 Å². The lowest BCUT2D eigenvalue weighted by Gasteiger charge is -2.32. The van der Waals surface area contributed by atoms with E-state index in [0.29, 0.717) is 0 Å². The molecule has 144 valence electrons. The summed E-state index contributed by atoms with van der Waals surface area (Å²) in [4.78, 5) is 2.22. The highest BCUT2D eigenvalue weighted by Gasteiger charge is 2.31.